The number of aromatic nitrogens is 2. The summed E-state index contributed by atoms with van der Waals surface area (Å²) in [5, 5.41) is 5.74. The zero-order valence-electron chi connectivity index (χ0n) is 16.1. The number of amides is 2. The maximum absolute atomic E-state index is 12.0. The van der Waals surface area contributed by atoms with Crippen LogP contribution in [0.4, 0.5) is 10.5 Å². The second kappa shape index (κ2) is 8.44. The van der Waals surface area contributed by atoms with E-state index in [0.717, 1.165) is 54.8 Å². The standard InChI is InChI=1S/C22H26N4O2/c1-26-20-7-3-2-6-19(20)25-21(26)13-10-16-8-11-17(12-9-16)24-22(27)23-15-18-5-4-14-28-18/h2-3,6-9,11-12,18H,4-5,10,13-15H2,1H3,(H2,23,24,27). The number of para-hydroxylation sites is 2. The first-order valence-corrected chi connectivity index (χ1v) is 9.85. The highest BCUT2D eigenvalue weighted by Gasteiger charge is 2.16. The Bertz CT molecular complexity index is 943. The van der Waals surface area contributed by atoms with Crippen LogP contribution in [0.15, 0.2) is 48.5 Å². The van der Waals surface area contributed by atoms with E-state index in [1.54, 1.807) is 0 Å². The van der Waals surface area contributed by atoms with Crippen LogP contribution >= 0.6 is 0 Å². The van der Waals surface area contributed by atoms with E-state index in [-0.39, 0.29) is 12.1 Å². The van der Waals surface area contributed by atoms with Gasteiger partial charge in [-0.1, -0.05) is 24.3 Å². The van der Waals surface area contributed by atoms with Crippen molar-refractivity contribution < 1.29 is 9.53 Å². The van der Waals surface area contributed by atoms with E-state index in [2.05, 4.69) is 40.4 Å². The Labute approximate surface area is 164 Å². The smallest absolute Gasteiger partial charge is 0.319 e. The van der Waals surface area contributed by atoms with Gasteiger partial charge in [-0.05, 0) is 49.1 Å². The van der Waals surface area contributed by atoms with E-state index >= 15 is 0 Å². The van der Waals surface area contributed by atoms with Gasteiger partial charge in [-0.25, -0.2) is 9.78 Å². The molecule has 146 valence electrons. The molecule has 0 saturated carbocycles. The van der Waals surface area contributed by atoms with Crippen LogP contribution in [0.1, 0.15) is 24.2 Å². The van der Waals surface area contributed by atoms with Gasteiger partial charge in [-0.15, -0.1) is 0 Å². The number of nitrogens with zero attached hydrogens (tertiary/aromatic N) is 2. The lowest BCUT2D eigenvalue weighted by Gasteiger charge is -2.12. The summed E-state index contributed by atoms with van der Waals surface area (Å²) in [5.74, 6) is 1.08. The predicted molar refractivity (Wildman–Crippen MR) is 111 cm³/mol. The molecule has 2 heterocycles. The molecule has 0 aliphatic carbocycles. The highest BCUT2D eigenvalue weighted by Crippen LogP contribution is 2.17. The molecule has 2 amide bonds. The minimum absolute atomic E-state index is 0.149. The monoisotopic (exact) mass is 378 g/mol. The van der Waals surface area contributed by atoms with Crippen molar-refractivity contribution >= 4 is 22.8 Å². The molecular weight excluding hydrogens is 352 g/mol. The van der Waals surface area contributed by atoms with Gasteiger partial charge in [0.1, 0.15) is 5.82 Å². The van der Waals surface area contributed by atoms with E-state index in [1.807, 2.05) is 30.3 Å². The molecule has 0 bridgehead atoms. The number of hydrogen-bond donors (Lipinski definition) is 2. The van der Waals surface area contributed by atoms with Gasteiger partial charge in [0.25, 0.3) is 0 Å². The van der Waals surface area contributed by atoms with E-state index < -0.39 is 0 Å². The summed E-state index contributed by atoms with van der Waals surface area (Å²) in [6, 6.07) is 16.0. The minimum Gasteiger partial charge on any atom is -0.376 e. The highest BCUT2D eigenvalue weighted by atomic mass is 16.5. The molecule has 0 radical (unpaired) electrons. The number of rotatable bonds is 6. The van der Waals surface area contributed by atoms with Crippen LogP contribution in [0, 0.1) is 0 Å². The summed E-state index contributed by atoms with van der Waals surface area (Å²) in [6.45, 7) is 1.35. The van der Waals surface area contributed by atoms with Gasteiger partial charge in [0.15, 0.2) is 0 Å². The third-order valence-electron chi connectivity index (χ3n) is 5.24. The molecular formula is C22H26N4O2. The van der Waals surface area contributed by atoms with Crippen LogP contribution in [0.5, 0.6) is 0 Å². The SMILES string of the molecule is Cn1c(CCc2ccc(NC(=O)NCC3CCCO3)cc2)nc2ccccc21. The van der Waals surface area contributed by atoms with Crippen molar-refractivity contribution in [2.75, 3.05) is 18.5 Å². The number of nitrogens with one attached hydrogen (secondary N) is 2. The summed E-state index contributed by atoms with van der Waals surface area (Å²) in [4.78, 5) is 16.7. The molecule has 1 aromatic heterocycles. The zero-order valence-corrected chi connectivity index (χ0v) is 16.1. The molecule has 1 atom stereocenters. The Balaban J connectivity index is 1.29. The molecule has 1 fully saturated rings. The summed E-state index contributed by atoms with van der Waals surface area (Å²) >= 11 is 0. The Morgan fingerprint density at radius 1 is 1.18 bits per heavy atom. The Morgan fingerprint density at radius 3 is 2.75 bits per heavy atom. The lowest BCUT2D eigenvalue weighted by atomic mass is 10.1. The van der Waals surface area contributed by atoms with Gasteiger partial charge in [0.2, 0.25) is 0 Å². The maximum atomic E-state index is 12.0. The van der Waals surface area contributed by atoms with Crippen LogP contribution in [0.2, 0.25) is 0 Å². The first kappa shape index (κ1) is 18.5. The Kier molecular flexibility index (Phi) is 5.58. The number of imidazole rings is 1. The number of urea groups is 1. The number of benzene rings is 2. The third-order valence-corrected chi connectivity index (χ3v) is 5.24. The second-order valence-electron chi connectivity index (χ2n) is 7.24. The van der Waals surface area contributed by atoms with Gasteiger partial charge in [-0.2, -0.15) is 0 Å². The molecule has 28 heavy (non-hydrogen) atoms. The van der Waals surface area contributed by atoms with Crippen molar-refractivity contribution in [3.8, 4) is 0 Å². The van der Waals surface area contributed by atoms with Crippen LogP contribution in [-0.2, 0) is 24.6 Å². The van der Waals surface area contributed by atoms with Gasteiger partial charge in [-0.3, -0.25) is 0 Å². The van der Waals surface area contributed by atoms with E-state index in [0.29, 0.717) is 6.54 Å². The van der Waals surface area contributed by atoms with Crippen molar-refractivity contribution in [1.29, 1.82) is 0 Å². The molecule has 6 heteroatoms. The molecule has 1 saturated heterocycles. The lowest BCUT2D eigenvalue weighted by molar-refractivity contribution is 0.112. The summed E-state index contributed by atoms with van der Waals surface area (Å²) < 4.78 is 7.67. The first-order chi connectivity index (χ1) is 13.7. The van der Waals surface area contributed by atoms with Gasteiger partial charge in [0, 0.05) is 32.3 Å². The molecule has 4 rings (SSSR count). The number of aryl methyl sites for hydroxylation is 3. The summed E-state index contributed by atoms with van der Waals surface area (Å²) in [7, 11) is 2.06. The summed E-state index contributed by atoms with van der Waals surface area (Å²) in [6.07, 6.45) is 4.02. The molecule has 1 unspecified atom stereocenters. The first-order valence-electron chi connectivity index (χ1n) is 9.85. The van der Waals surface area contributed by atoms with Crippen molar-refractivity contribution in [2.24, 2.45) is 7.05 Å². The van der Waals surface area contributed by atoms with Crippen LogP contribution in [0.25, 0.3) is 11.0 Å². The number of fused-ring (bicyclic) bond motifs is 1. The van der Waals surface area contributed by atoms with Gasteiger partial charge in [0.05, 0.1) is 17.1 Å². The lowest BCUT2D eigenvalue weighted by Crippen LogP contribution is -2.35. The van der Waals surface area contributed by atoms with Crippen molar-refractivity contribution in [1.82, 2.24) is 14.9 Å². The van der Waals surface area contributed by atoms with Crippen molar-refractivity contribution in [3.05, 3.63) is 59.9 Å². The molecule has 1 aliphatic rings. The molecule has 3 aromatic rings. The number of ether oxygens (including phenoxy) is 1. The normalized spacial score (nSPS) is 16.4. The number of carbonyl (C=O) groups excluding carboxylic acids is 1. The topological polar surface area (TPSA) is 68.2 Å². The number of hydrogen-bond acceptors (Lipinski definition) is 3. The molecule has 0 spiro atoms. The summed E-state index contributed by atoms with van der Waals surface area (Å²) in [5.41, 5.74) is 4.20. The van der Waals surface area contributed by atoms with Crippen LogP contribution in [-0.4, -0.2) is 34.8 Å². The number of carbonyl (C=O) groups is 1. The van der Waals surface area contributed by atoms with Gasteiger partial charge >= 0.3 is 6.03 Å². The van der Waals surface area contributed by atoms with Crippen LogP contribution in [0.3, 0.4) is 0 Å². The van der Waals surface area contributed by atoms with Crippen molar-refractivity contribution in [2.45, 2.75) is 31.8 Å². The van der Waals surface area contributed by atoms with E-state index in [9.17, 15) is 4.79 Å². The molecule has 2 aromatic carbocycles. The Hall–Kier alpha value is -2.86. The largest absolute Gasteiger partial charge is 0.376 e. The van der Waals surface area contributed by atoms with Crippen molar-refractivity contribution in [3.63, 3.8) is 0 Å². The third kappa shape index (κ3) is 4.34. The second-order valence-corrected chi connectivity index (χ2v) is 7.24. The molecule has 1 aliphatic heterocycles. The fourth-order valence-corrected chi connectivity index (χ4v) is 3.62. The van der Waals surface area contributed by atoms with Crippen LogP contribution < -0.4 is 10.6 Å². The number of anilines is 1. The fraction of sp³-hybridized carbons (Fsp3) is 0.364. The Morgan fingerprint density at radius 2 is 2.00 bits per heavy atom. The average molecular weight is 378 g/mol. The molecule has 2 N–H and O–H groups in total. The van der Waals surface area contributed by atoms with Gasteiger partial charge < -0.3 is 19.9 Å². The zero-order chi connectivity index (χ0) is 19.3. The minimum atomic E-state index is -0.192. The fourth-order valence-electron chi connectivity index (χ4n) is 3.62. The van der Waals surface area contributed by atoms with E-state index in [4.69, 9.17) is 9.72 Å². The maximum Gasteiger partial charge on any atom is 0.319 e. The average Bonchev–Trinajstić information content (AvgIpc) is 3.34. The highest BCUT2D eigenvalue weighted by molar-refractivity contribution is 5.89. The predicted octanol–water partition coefficient (Wildman–Crippen LogP) is 3.66. The quantitative estimate of drug-likeness (QED) is 0.688. The molecule has 6 nitrogen and oxygen atoms in total. The van der Waals surface area contributed by atoms with E-state index in [1.165, 1.54) is 5.56 Å².